The number of rotatable bonds is 11. The van der Waals surface area contributed by atoms with Crippen LogP contribution < -0.4 is 0 Å². The first kappa shape index (κ1) is 26.2. The van der Waals surface area contributed by atoms with Gasteiger partial charge >= 0.3 is 5.97 Å². The molecular formula is C31H42O3. The van der Waals surface area contributed by atoms with Crippen LogP contribution in [0.5, 0.6) is 0 Å². The Bertz CT molecular complexity index is 967. The number of carbonyl (C=O) groups is 1. The second-order valence-electron chi connectivity index (χ2n) is 10.1. The van der Waals surface area contributed by atoms with Crippen molar-refractivity contribution < 1.29 is 14.6 Å². The zero-order valence-corrected chi connectivity index (χ0v) is 21.4. The van der Waals surface area contributed by atoms with Crippen molar-refractivity contribution >= 4 is 5.97 Å². The summed E-state index contributed by atoms with van der Waals surface area (Å²) in [6.07, 6.45) is 11.4. The zero-order chi connectivity index (χ0) is 24.5. The summed E-state index contributed by atoms with van der Waals surface area (Å²) >= 11 is 0. The molecule has 1 N–H and O–H groups in total. The monoisotopic (exact) mass is 462 g/mol. The molecule has 1 aliphatic carbocycles. The van der Waals surface area contributed by atoms with Crippen molar-refractivity contribution in [3.8, 4) is 11.1 Å². The first-order chi connectivity index (χ1) is 16.4. The molecule has 2 aromatic carbocycles. The van der Waals surface area contributed by atoms with Gasteiger partial charge in [0.05, 0.1) is 0 Å². The van der Waals surface area contributed by atoms with Crippen LogP contribution in [0.1, 0.15) is 93.4 Å². The van der Waals surface area contributed by atoms with E-state index in [0.717, 1.165) is 22.6 Å². The third kappa shape index (κ3) is 7.06. The lowest BCUT2D eigenvalue weighted by Crippen LogP contribution is -2.13. The first-order valence-electron chi connectivity index (χ1n) is 13.1. The largest absolute Gasteiger partial charge is 0.457 e. The lowest BCUT2D eigenvalue weighted by atomic mass is 9.76. The summed E-state index contributed by atoms with van der Waals surface area (Å²) < 4.78 is 5.42. The maximum Gasteiger partial charge on any atom is 0.333 e. The number of hydrogen-bond donors (Lipinski definition) is 1. The predicted octanol–water partition coefficient (Wildman–Crippen LogP) is 7.67. The molecule has 0 heterocycles. The molecule has 34 heavy (non-hydrogen) atoms. The molecule has 0 bridgehead atoms. The van der Waals surface area contributed by atoms with Crippen molar-refractivity contribution in [2.24, 2.45) is 5.92 Å². The second kappa shape index (κ2) is 12.9. The summed E-state index contributed by atoms with van der Waals surface area (Å²) in [5, 5.41) is 9.44. The average molecular weight is 463 g/mol. The molecule has 1 aliphatic rings. The van der Waals surface area contributed by atoms with Crippen LogP contribution in [0.15, 0.2) is 48.6 Å². The highest BCUT2D eigenvalue weighted by Crippen LogP contribution is 2.39. The Morgan fingerprint density at radius 2 is 1.82 bits per heavy atom. The van der Waals surface area contributed by atoms with E-state index in [9.17, 15) is 9.90 Å². The van der Waals surface area contributed by atoms with Crippen molar-refractivity contribution in [2.45, 2.75) is 91.1 Å². The molecular weight excluding hydrogens is 420 g/mol. The number of esters is 1. The molecule has 0 radical (unpaired) electrons. The Morgan fingerprint density at radius 1 is 1.06 bits per heavy atom. The van der Waals surface area contributed by atoms with Crippen LogP contribution in [0.4, 0.5) is 0 Å². The molecule has 3 rings (SSSR count). The predicted molar refractivity (Wildman–Crippen MR) is 141 cm³/mol. The summed E-state index contributed by atoms with van der Waals surface area (Å²) in [7, 11) is 0. The molecule has 0 aromatic heterocycles. The number of benzene rings is 2. The smallest absolute Gasteiger partial charge is 0.333 e. The van der Waals surface area contributed by atoms with Crippen molar-refractivity contribution in [3.05, 3.63) is 70.8 Å². The zero-order valence-electron chi connectivity index (χ0n) is 21.4. The van der Waals surface area contributed by atoms with E-state index in [2.05, 4.69) is 50.8 Å². The minimum atomic E-state index is -0.388. The summed E-state index contributed by atoms with van der Waals surface area (Å²) in [5.74, 6) is 1.22. The van der Waals surface area contributed by atoms with Crippen molar-refractivity contribution in [1.29, 1.82) is 0 Å². The van der Waals surface area contributed by atoms with Crippen LogP contribution in [0.25, 0.3) is 11.1 Å². The van der Waals surface area contributed by atoms with Crippen molar-refractivity contribution in [3.63, 3.8) is 0 Å². The average Bonchev–Trinajstić information content (AvgIpc) is 2.84. The van der Waals surface area contributed by atoms with Gasteiger partial charge in [0, 0.05) is 12.2 Å². The van der Waals surface area contributed by atoms with Gasteiger partial charge in [-0.1, -0.05) is 69.5 Å². The van der Waals surface area contributed by atoms with Gasteiger partial charge in [0.1, 0.15) is 6.61 Å². The lowest BCUT2D eigenvalue weighted by molar-refractivity contribution is -0.140. The third-order valence-electron chi connectivity index (χ3n) is 7.39. The van der Waals surface area contributed by atoms with Gasteiger partial charge in [-0.3, -0.25) is 0 Å². The highest BCUT2D eigenvalue weighted by atomic mass is 16.5. The van der Waals surface area contributed by atoms with E-state index in [1.807, 2.05) is 6.07 Å². The van der Waals surface area contributed by atoms with E-state index < -0.39 is 0 Å². The maximum absolute atomic E-state index is 11.9. The molecule has 0 aliphatic heterocycles. The highest BCUT2D eigenvalue weighted by Gasteiger charge is 2.22. The van der Waals surface area contributed by atoms with Crippen LogP contribution in [0.2, 0.25) is 0 Å². The lowest BCUT2D eigenvalue weighted by Gasteiger charge is -2.29. The quantitative estimate of drug-likeness (QED) is 0.212. The summed E-state index contributed by atoms with van der Waals surface area (Å²) in [5.41, 5.74) is 7.41. The van der Waals surface area contributed by atoms with Gasteiger partial charge in [0.25, 0.3) is 0 Å². The van der Waals surface area contributed by atoms with Gasteiger partial charge in [-0.05, 0) is 97.2 Å². The van der Waals surface area contributed by atoms with Gasteiger partial charge in [-0.15, -0.1) is 0 Å². The number of aliphatic hydroxyl groups excluding tert-OH is 1. The van der Waals surface area contributed by atoms with Gasteiger partial charge in [0.15, 0.2) is 0 Å². The second-order valence-corrected chi connectivity index (χ2v) is 10.1. The van der Waals surface area contributed by atoms with Crippen LogP contribution in [-0.2, 0) is 22.6 Å². The Kier molecular flexibility index (Phi) is 9.95. The molecule has 0 unspecified atom stereocenters. The summed E-state index contributed by atoms with van der Waals surface area (Å²) in [6.45, 7) is 10.0. The van der Waals surface area contributed by atoms with E-state index in [1.165, 1.54) is 68.1 Å². The fourth-order valence-electron chi connectivity index (χ4n) is 5.29. The molecule has 1 saturated carbocycles. The van der Waals surface area contributed by atoms with Gasteiger partial charge in [-0.2, -0.15) is 0 Å². The van der Waals surface area contributed by atoms with E-state index >= 15 is 0 Å². The van der Waals surface area contributed by atoms with Gasteiger partial charge in [-0.25, -0.2) is 4.79 Å². The summed E-state index contributed by atoms with van der Waals surface area (Å²) in [6, 6.07) is 13.2. The van der Waals surface area contributed by atoms with Crippen molar-refractivity contribution in [1.82, 2.24) is 0 Å². The number of aliphatic hydroxyl groups is 1. The first-order valence-corrected chi connectivity index (χ1v) is 13.1. The fraction of sp³-hybridized carbons (Fsp3) is 0.516. The van der Waals surface area contributed by atoms with Gasteiger partial charge < -0.3 is 9.84 Å². The molecule has 0 atom stereocenters. The third-order valence-corrected chi connectivity index (χ3v) is 7.39. The Hall–Kier alpha value is -2.39. The Morgan fingerprint density at radius 3 is 2.47 bits per heavy atom. The normalized spacial score (nSPS) is 18.0. The molecule has 1 fully saturated rings. The Labute approximate surface area is 206 Å². The molecule has 184 valence electrons. The molecule has 2 aromatic rings. The molecule has 0 spiro atoms. The van der Waals surface area contributed by atoms with Crippen LogP contribution in [0, 0.1) is 12.8 Å². The van der Waals surface area contributed by atoms with E-state index in [0.29, 0.717) is 17.9 Å². The summed E-state index contributed by atoms with van der Waals surface area (Å²) in [4.78, 5) is 11.9. The van der Waals surface area contributed by atoms with E-state index in [-0.39, 0.29) is 19.2 Å². The minimum Gasteiger partial charge on any atom is -0.457 e. The molecule has 3 nitrogen and oxygen atoms in total. The van der Waals surface area contributed by atoms with Crippen LogP contribution in [-0.4, -0.2) is 17.7 Å². The SMILES string of the molecule is C=C(C)C(=O)OCc1cc(-c2ccc(C3CCC(CCCCC)CC3)cc2C)ccc1CCO. The van der Waals surface area contributed by atoms with E-state index in [4.69, 9.17) is 4.74 Å². The number of unbranched alkanes of at least 4 members (excludes halogenated alkanes) is 2. The molecule has 3 heteroatoms. The van der Waals surface area contributed by atoms with Gasteiger partial charge in [0.2, 0.25) is 0 Å². The maximum atomic E-state index is 11.9. The van der Waals surface area contributed by atoms with Crippen LogP contribution >= 0.6 is 0 Å². The number of carbonyl (C=O) groups excluding carboxylic acids is 1. The highest BCUT2D eigenvalue weighted by molar-refractivity contribution is 5.86. The number of aryl methyl sites for hydroxylation is 1. The number of hydrogen-bond acceptors (Lipinski definition) is 3. The van der Waals surface area contributed by atoms with E-state index in [1.54, 1.807) is 6.92 Å². The standard InChI is InChI=1S/C31H42O3/c1-5-6-7-8-24-9-11-25(12-10-24)27-15-16-30(23(4)19-27)28-14-13-26(17-18-32)29(20-28)21-34-31(33)22(2)3/h13-16,19-20,24-25,32H,2,5-12,17-18,21H2,1,3-4H3. The topological polar surface area (TPSA) is 46.5 Å². The molecule has 0 amide bonds. The minimum absolute atomic E-state index is 0.0648. The van der Waals surface area contributed by atoms with Crippen molar-refractivity contribution in [2.75, 3.05) is 6.61 Å². The number of ether oxygens (including phenoxy) is 1. The fourth-order valence-corrected chi connectivity index (χ4v) is 5.29. The molecule has 0 saturated heterocycles. The Balaban J connectivity index is 1.72. The van der Waals surface area contributed by atoms with Crippen LogP contribution in [0.3, 0.4) is 0 Å².